The van der Waals surface area contributed by atoms with E-state index in [1.807, 2.05) is 0 Å². The van der Waals surface area contributed by atoms with Gasteiger partial charge in [-0.1, -0.05) is 0 Å². The van der Waals surface area contributed by atoms with Gasteiger partial charge in [0.2, 0.25) is 5.91 Å². The van der Waals surface area contributed by atoms with Gasteiger partial charge in [0.15, 0.2) is 0 Å². The van der Waals surface area contributed by atoms with Gasteiger partial charge in [0.05, 0.1) is 13.5 Å². The van der Waals surface area contributed by atoms with Crippen LogP contribution in [0.15, 0.2) is 0 Å². The van der Waals surface area contributed by atoms with Crippen LogP contribution >= 0.6 is 0 Å². The average Bonchev–Trinajstić information content (AvgIpc) is 2.46. The molecule has 0 fully saturated rings. The maximum atomic E-state index is 12.1. The number of hydrogen-bond donors (Lipinski definition) is 2. The molecular weight excluding hydrogens is 356 g/mol. The SMILES string of the molecule is COC(=O)CNC(=O)CCC(CC(=O)OC(C)(C)C)NC(=O)OC(C)(C)C. The number of carbonyl (C=O) groups excluding carboxylic acids is 4. The number of ether oxygens (including phenoxy) is 3. The quantitative estimate of drug-likeness (QED) is 0.479. The topological polar surface area (TPSA) is 120 Å². The molecule has 2 N–H and O–H groups in total. The Labute approximate surface area is 160 Å². The molecular formula is C18H32N2O7. The number of esters is 2. The van der Waals surface area contributed by atoms with Gasteiger partial charge >= 0.3 is 18.0 Å². The summed E-state index contributed by atoms with van der Waals surface area (Å²) >= 11 is 0. The highest BCUT2D eigenvalue weighted by molar-refractivity contribution is 5.82. The number of methoxy groups -OCH3 is 1. The summed E-state index contributed by atoms with van der Waals surface area (Å²) in [6.07, 6.45) is -0.627. The van der Waals surface area contributed by atoms with Crippen LogP contribution in [0, 0.1) is 0 Å². The van der Waals surface area contributed by atoms with Gasteiger partial charge in [0.1, 0.15) is 17.7 Å². The minimum Gasteiger partial charge on any atom is -0.468 e. The van der Waals surface area contributed by atoms with E-state index >= 15 is 0 Å². The van der Waals surface area contributed by atoms with E-state index in [2.05, 4.69) is 15.4 Å². The monoisotopic (exact) mass is 388 g/mol. The zero-order valence-electron chi connectivity index (χ0n) is 17.3. The molecule has 27 heavy (non-hydrogen) atoms. The fraction of sp³-hybridized carbons (Fsp3) is 0.778. The van der Waals surface area contributed by atoms with Crippen molar-refractivity contribution in [2.24, 2.45) is 0 Å². The summed E-state index contributed by atoms with van der Waals surface area (Å²) < 4.78 is 14.9. The molecule has 0 rings (SSSR count). The molecule has 9 heteroatoms. The van der Waals surface area contributed by atoms with Gasteiger partial charge in [-0.3, -0.25) is 14.4 Å². The van der Waals surface area contributed by atoms with Crippen molar-refractivity contribution < 1.29 is 33.4 Å². The lowest BCUT2D eigenvalue weighted by atomic mass is 10.1. The lowest BCUT2D eigenvalue weighted by Gasteiger charge is -2.25. The number of alkyl carbamates (subject to hydrolysis) is 1. The van der Waals surface area contributed by atoms with Gasteiger partial charge in [0, 0.05) is 12.5 Å². The van der Waals surface area contributed by atoms with E-state index in [0.29, 0.717) is 0 Å². The first-order valence-corrected chi connectivity index (χ1v) is 8.76. The first-order chi connectivity index (χ1) is 12.2. The predicted octanol–water partition coefficient (Wildman–Crippen LogP) is 1.68. The average molecular weight is 388 g/mol. The van der Waals surface area contributed by atoms with Gasteiger partial charge in [-0.05, 0) is 48.0 Å². The van der Waals surface area contributed by atoms with E-state index in [1.165, 1.54) is 7.11 Å². The van der Waals surface area contributed by atoms with E-state index in [0.717, 1.165) is 0 Å². The van der Waals surface area contributed by atoms with Crippen molar-refractivity contribution in [2.45, 2.75) is 78.0 Å². The summed E-state index contributed by atoms with van der Waals surface area (Å²) in [6, 6.07) is -0.654. The highest BCUT2D eigenvalue weighted by atomic mass is 16.6. The normalized spacial score (nSPS) is 12.6. The van der Waals surface area contributed by atoms with Crippen molar-refractivity contribution in [1.29, 1.82) is 0 Å². The Balaban J connectivity index is 4.76. The van der Waals surface area contributed by atoms with Crippen LogP contribution in [-0.4, -0.2) is 54.8 Å². The number of hydrogen-bond acceptors (Lipinski definition) is 7. The molecule has 0 aliphatic carbocycles. The second-order valence-corrected chi connectivity index (χ2v) is 8.03. The predicted molar refractivity (Wildman–Crippen MR) is 97.9 cm³/mol. The molecule has 1 unspecified atom stereocenters. The number of amides is 2. The maximum Gasteiger partial charge on any atom is 0.407 e. The van der Waals surface area contributed by atoms with Crippen LogP contribution in [0.1, 0.15) is 60.8 Å². The Kier molecular flexibility index (Phi) is 9.82. The second kappa shape index (κ2) is 10.7. The standard InChI is InChI=1S/C18H32N2O7/c1-17(2,3)26-14(22)10-12(20-16(24)27-18(4,5)6)8-9-13(21)19-11-15(23)25-7/h12H,8-11H2,1-7H3,(H,19,21)(H,20,24). The minimum atomic E-state index is -0.696. The lowest BCUT2D eigenvalue weighted by molar-refractivity contribution is -0.155. The zero-order chi connectivity index (χ0) is 21.3. The molecule has 0 aromatic carbocycles. The molecule has 0 aromatic heterocycles. The summed E-state index contributed by atoms with van der Waals surface area (Å²) in [5, 5.41) is 4.99. The molecule has 9 nitrogen and oxygen atoms in total. The van der Waals surface area contributed by atoms with Crippen molar-refractivity contribution in [1.82, 2.24) is 10.6 Å². The van der Waals surface area contributed by atoms with Gasteiger partial charge in [-0.15, -0.1) is 0 Å². The summed E-state index contributed by atoms with van der Waals surface area (Å²) in [5.74, 6) is -1.47. The molecule has 0 spiro atoms. The molecule has 2 amide bonds. The smallest absolute Gasteiger partial charge is 0.407 e. The first-order valence-electron chi connectivity index (χ1n) is 8.76. The van der Waals surface area contributed by atoms with Gasteiger partial charge in [-0.25, -0.2) is 4.79 Å². The third kappa shape index (κ3) is 14.5. The Hall–Kier alpha value is -2.32. The molecule has 0 aliphatic heterocycles. The highest BCUT2D eigenvalue weighted by Crippen LogP contribution is 2.13. The first kappa shape index (κ1) is 24.7. The van der Waals surface area contributed by atoms with Crippen molar-refractivity contribution in [3.63, 3.8) is 0 Å². The molecule has 0 heterocycles. The van der Waals surface area contributed by atoms with Crippen molar-refractivity contribution in [3.05, 3.63) is 0 Å². The Morgan fingerprint density at radius 2 is 1.44 bits per heavy atom. The summed E-state index contributed by atoms with van der Waals surface area (Å²) in [6.45, 7) is 10.1. The van der Waals surface area contributed by atoms with E-state index in [1.54, 1.807) is 41.5 Å². The van der Waals surface area contributed by atoms with Crippen LogP contribution < -0.4 is 10.6 Å². The fourth-order valence-corrected chi connectivity index (χ4v) is 1.92. The third-order valence-electron chi connectivity index (χ3n) is 2.93. The summed E-state index contributed by atoms with van der Waals surface area (Å²) in [4.78, 5) is 46.9. The zero-order valence-corrected chi connectivity index (χ0v) is 17.3. The number of carbonyl (C=O) groups is 4. The van der Waals surface area contributed by atoms with E-state index < -0.39 is 41.2 Å². The molecule has 0 saturated carbocycles. The maximum absolute atomic E-state index is 12.1. The fourth-order valence-electron chi connectivity index (χ4n) is 1.92. The molecule has 0 bridgehead atoms. The van der Waals surface area contributed by atoms with Crippen LogP contribution in [0.25, 0.3) is 0 Å². The number of rotatable bonds is 8. The molecule has 0 aliphatic rings. The molecule has 0 saturated heterocycles. The Morgan fingerprint density at radius 3 is 1.93 bits per heavy atom. The molecule has 156 valence electrons. The van der Waals surface area contributed by atoms with Crippen LogP contribution in [-0.2, 0) is 28.6 Å². The third-order valence-corrected chi connectivity index (χ3v) is 2.93. The van der Waals surface area contributed by atoms with E-state index in [4.69, 9.17) is 9.47 Å². The van der Waals surface area contributed by atoms with Crippen LogP contribution in [0.3, 0.4) is 0 Å². The Morgan fingerprint density at radius 1 is 0.889 bits per heavy atom. The van der Waals surface area contributed by atoms with Gasteiger partial charge in [-0.2, -0.15) is 0 Å². The Bertz CT molecular complexity index is 503. The largest absolute Gasteiger partial charge is 0.468 e. The van der Waals surface area contributed by atoms with Crippen LogP contribution in [0.4, 0.5) is 4.79 Å². The highest BCUT2D eigenvalue weighted by Gasteiger charge is 2.24. The lowest BCUT2D eigenvalue weighted by Crippen LogP contribution is -2.42. The summed E-state index contributed by atoms with van der Waals surface area (Å²) in [5.41, 5.74) is -1.36. The minimum absolute atomic E-state index is 0.000255. The van der Waals surface area contributed by atoms with Crippen LogP contribution in [0.2, 0.25) is 0 Å². The number of nitrogens with one attached hydrogen (secondary N) is 2. The van der Waals surface area contributed by atoms with Gasteiger partial charge in [0.25, 0.3) is 0 Å². The van der Waals surface area contributed by atoms with Crippen LogP contribution in [0.5, 0.6) is 0 Å². The van der Waals surface area contributed by atoms with E-state index in [-0.39, 0.29) is 25.8 Å². The van der Waals surface area contributed by atoms with E-state index in [9.17, 15) is 19.2 Å². The molecule has 0 radical (unpaired) electrons. The van der Waals surface area contributed by atoms with Gasteiger partial charge < -0.3 is 24.8 Å². The summed E-state index contributed by atoms with van der Waals surface area (Å²) in [7, 11) is 1.22. The molecule has 1 atom stereocenters. The van der Waals surface area contributed by atoms with Crippen molar-refractivity contribution in [2.75, 3.05) is 13.7 Å². The molecule has 0 aromatic rings. The second-order valence-electron chi connectivity index (χ2n) is 8.03. The van der Waals surface area contributed by atoms with Crippen molar-refractivity contribution >= 4 is 23.9 Å². The van der Waals surface area contributed by atoms with Crippen molar-refractivity contribution in [3.8, 4) is 0 Å².